The van der Waals surface area contributed by atoms with Crippen LogP contribution in [0.5, 0.6) is 11.5 Å². The van der Waals surface area contributed by atoms with Crippen molar-refractivity contribution in [1.29, 1.82) is 0 Å². The van der Waals surface area contributed by atoms with Crippen LogP contribution in [0.25, 0.3) is 11.1 Å². The van der Waals surface area contributed by atoms with Gasteiger partial charge in [-0.3, -0.25) is 0 Å². The predicted octanol–water partition coefficient (Wildman–Crippen LogP) is 4.39. The van der Waals surface area contributed by atoms with Crippen LogP contribution in [0.1, 0.15) is 13.8 Å². The summed E-state index contributed by atoms with van der Waals surface area (Å²) in [7, 11) is 0. The summed E-state index contributed by atoms with van der Waals surface area (Å²) in [5, 5.41) is 0.433. The van der Waals surface area contributed by atoms with Gasteiger partial charge in [-0.1, -0.05) is 29.3 Å². The van der Waals surface area contributed by atoms with E-state index in [4.69, 9.17) is 42.1 Å². The van der Waals surface area contributed by atoms with Crippen LogP contribution in [0, 0.1) is 5.82 Å². The first kappa shape index (κ1) is 20.2. The number of hydrogen-bond donors (Lipinski definition) is 0. The zero-order chi connectivity index (χ0) is 20.5. The van der Waals surface area contributed by atoms with E-state index in [2.05, 4.69) is 0 Å². The van der Waals surface area contributed by atoms with Gasteiger partial charge in [0.25, 0.3) is 0 Å². The molecule has 9 heteroatoms. The highest BCUT2D eigenvalue weighted by molar-refractivity contribution is 6.39. The van der Waals surface area contributed by atoms with Gasteiger partial charge in [0, 0.05) is 17.2 Å². The Balaban J connectivity index is 2.18. The van der Waals surface area contributed by atoms with Crippen LogP contribution in [0.3, 0.4) is 0 Å². The van der Waals surface area contributed by atoms with Gasteiger partial charge in [-0.2, -0.15) is 0 Å². The predicted molar refractivity (Wildman–Crippen MR) is 99.1 cm³/mol. The van der Waals surface area contributed by atoms with Gasteiger partial charge < -0.3 is 18.9 Å². The molecule has 28 heavy (non-hydrogen) atoms. The number of benzene rings is 2. The monoisotopic (exact) mass is 428 g/mol. The van der Waals surface area contributed by atoms with Crippen molar-refractivity contribution in [3.05, 3.63) is 46.2 Å². The molecule has 0 aliphatic carbocycles. The average molecular weight is 429 g/mol. The van der Waals surface area contributed by atoms with E-state index >= 15 is 0 Å². The highest BCUT2D eigenvalue weighted by Crippen LogP contribution is 2.50. The van der Waals surface area contributed by atoms with Gasteiger partial charge in [-0.15, -0.1) is 0 Å². The third-order valence-electron chi connectivity index (χ3n) is 3.84. The molecule has 0 saturated carbocycles. The summed E-state index contributed by atoms with van der Waals surface area (Å²) in [4.78, 5) is 25.0. The molecular formula is C19H15Cl2FO6. The van der Waals surface area contributed by atoms with Crippen LogP contribution in [0.2, 0.25) is 10.0 Å². The van der Waals surface area contributed by atoms with Gasteiger partial charge in [-0.25, -0.2) is 14.0 Å². The van der Waals surface area contributed by atoms with Gasteiger partial charge in [-0.05, 0) is 32.0 Å². The van der Waals surface area contributed by atoms with Crippen LogP contribution in [-0.4, -0.2) is 30.9 Å². The van der Waals surface area contributed by atoms with E-state index in [0.717, 1.165) is 12.1 Å². The topological polar surface area (TPSA) is 71.1 Å². The molecule has 1 aliphatic heterocycles. The zero-order valence-electron chi connectivity index (χ0n) is 14.9. The molecule has 2 aromatic carbocycles. The Bertz CT molecular complexity index is 908. The lowest BCUT2D eigenvalue weighted by Gasteiger charge is -2.22. The van der Waals surface area contributed by atoms with E-state index in [1.165, 1.54) is 0 Å². The second-order valence-electron chi connectivity index (χ2n) is 5.64. The molecule has 0 radical (unpaired) electrons. The summed E-state index contributed by atoms with van der Waals surface area (Å²) < 4.78 is 35.2. The SMILES string of the molecule is CCOC(=O)C1(C(=O)OCC)Oc2cc(F)cc(-c3c(Cl)cccc3Cl)c2O1. The molecule has 148 valence electrons. The molecule has 6 nitrogen and oxygen atoms in total. The zero-order valence-corrected chi connectivity index (χ0v) is 16.4. The van der Waals surface area contributed by atoms with Crippen LogP contribution < -0.4 is 9.47 Å². The molecule has 0 spiro atoms. The Morgan fingerprint density at radius 1 is 1.04 bits per heavy atom. The Morgan fingerprint density at radius 2 is 1.61 bits per heavy atom. The lowest BCUT2D eigenvalue weighted by Crippen LogP contribution is -2.56. The summed E-state index contributed by atoms with van der Waals surface area (Å²) in [5.74, 6) is -5.78. The van der Waals surface area contributed by atoms with Crippen molar-refractivity contribution in [1.82, 2.24) is 0 Å². The Kier molecular flexibility index (Phi) is 5.67. The Morgan fingerprint density at radius 3 is 2.14 bits per heavy atom. The number of fused-ring (bicyclic) bond motifs is 1. The fraction of sp³-hybridized carbons (Fsp3) is 0.263. The molecule has 1 aliphatic rings. The summed E-state index contributed by atoms with van der Waals surface area (Å²) in [6.45, 7) is 3.02. The van der Waals surface area contributed by atoms with Crippen molar-refractivity contribution < 1.29 is 32.9 Å². The molecule has 0 saturated heterocycles. The molecular weight excluding hydrogens is 414 g/mol. The molecule has 0 bridgehead atoms. The van der Waals surface area contributed by atoms with Crippen molar-refractivity contribution in [2.45, 2.75) is 19.6 Å². The van der Waals surface area contributed by atoms with E-state index in [1.807, 2.05) is 0 Å². The maximum absolute atomic E-state index is 14.3. The molecule has 0 unspecified atom stereocenters. The molecule has 0 N–H and O–H groups in total. The lowest BCUT2D eigenvalue weighted by molar-refractivity contribution is -0.202. The standard InChI is InChI=1S/C19H15Cl2FO6/c1-3-25-17(23)19(18(24)26-4-2)27-14-9-10(22)8-11(16(14)28-19)15-12(20)6-5-7-13(15)21/h5-9H,3-4H2,1-2H3. The summed E-state index contributed by atoms with van der Waals surface area (Å²) in [6, 6.07) is 6.82. The van der Waals surface area contributed by atoms with Crippen molar-refractivity contribution >= 4 is 35.1 Å². The Hall–Kier alpha value is -2.51. The third-order valence-corrected chi connectivity index (χ3v) is 4.47. The van der Waals surface area contributed by atoms with Gasteiger partial charge in [0.05, 0.1) is 23.3 Å². The van der Waals surface area contributed by atoms with E-state index < -0.39 is 23.5 Å². The normalized spacial score (nSPS) is 13.9. The molecule has 3 rings (SSSR count). The van der Waals surface area contributed by atoms with E-state index in [9.17, 15) is 14.0 Å². The fourth-order valence-electron chi connectivity index (χ4n) is 2.71. The second kappa shape index (κ2) is 7.85. The van der Waals surface area contributed by atoms with Gasteiger partial charge >= 0.3 is 17.7 Å². The lowest BCUT2D eigenvalue weighted by atomic mass is 10.0. The summed E-state index contributed by atoms with van der Waals surface area (Å²) in [5.41, 5.74) is 0.370. The molecule has 0 amide bonds. The number of ether oxygens (including phenoxy) is 4. The molecule has 0 fully saturated rings. The number of esters is 2. The van der Waals surface area contributed by atoms with Gasteiger partial charge in [0.15, 0.2) is 11.5 Å². The van der Waals surface area contributed by atoms with Gasteiger partial charge in [0.2, 0.25) is 0 Å². The van der Waals surface area contributed by atoms with Crippen LogP contribution in [-0.2, 0) is 19.1 Å². The number of carbonyl (C=O) groups is 2. The highest BCUT2D eigenvalue weighted by Gasteiger charge is 2.60. The molecule has 1 heterocycles. The smallest absolute Gasteiger partial charge is 0.453 e. The number of carbonyl (C=O) groups excluding carboxylic acids is 2. The van der Waals surface area contributed by atoms with E-state index in [-0.39, 0.29) is 45.9 Å². The maximum atomic E-state index is 14.3. The number of hydrogen-bond acceptors (Lipinski definition) is 6. The van der Waals surface area contributed by atoms with Crippen molar-refractivity contribution in [3.63, 3.8) is 0 Å². The van der Waals surface area contributed by atoms with Crippen LogP contribution >= 0.6 is 23.2 Å². The fourth-order valence-corrected chi connectivity index (χ4v) is 3.31. The summed E-state index contributed by atoms with van der Waals surface area (Å²) in [6.07, 6.45) is 0. The highest BCUT2D eigenvalue weighted by atomic mass is 35.5. The minimum absolute atomic E-state index is 0.0411. The van der Waals surface area contributed by atoms with Crippen molar-refractivity contribution in [3.8, 4) is 22.6 Å². The van der Waals surface area contributed by atoms with E-state index in [0.29, 0.717) is 0 Å². The summed E-state index contributed by atoms with van der Waals surface area (Å²) >= 11 is 12.5. The van der Waals surface area contributed by atoms with Crippen LogP contribution in [0.15, 0.2) is 30.3 Å². The average Bonchev–Trinajstić information content (AvgIpc) is 3.02. The first-order chi connectivity index (χ1) is 13.3. The molecule has 0 aromatic heterocycles. The maximum Gasteiger partial charge on any atom is 0.453 e. The quantitative estimate of drug-likeness (QED) is 0.519. The Labute approximate surface area is 170 Å². The first-order valence-electron chi connectivity index (χ1n) is 8.34. The van der Waals surface area contributed by atoms with Crippen LogP contribution in [0.4, 0.5) is 4.39 Å². The van der Waals surface area contributed by atoms with Gasteiger partial charge in [0.1, 0.15) is 5.82 Å². The molecule has 0 atom stereocenters. The minimum atomic E-state index is -2.55. The largest absolute Gasteiger partial charge is 0.460 e. The number of rotatable bonds is 5. The second-order valence-corrected chi connectivity index (χ2v) is 6.45. The number of halogens is 3. The third kappa shape index (κ3) is 3.36. The first-order valence-corrected chi connectivity index (χ1v) is 9.10. The van der Waals surface area contributed by atoms with Crippen molar-refractivity contribution in [2.75, 3.05) is 13.2 Å². The van der Waals surface area contributed by atoms with E-state index in [1.54, 1.807) is 32.0 Å². The minimum Gasteiger partial charge on any atom is -0.460 e. The van der Waals surface area contributed by atoms with Crippen molar-refractivity contribution in [2.24, 2.45) is 0 Å². The molecule has 2 aromatic rings.